The third-order valence-electron chi connectivity index (χ3n) is 4.84. The minimum atomic E-state index is 0.132. The molecule has 0 saturated carbocycles. The summed E-state index contributed by atoms with van der Waals surface area (Å²) in [5.41, 5.74) is 6.07. The molecule has 1 aliphatic rings. The van der Waals surface area contributed by atoms with Crippen molar-refractivity contribution in [1.82, 2.24) is 14.8 Å². The third kappa shape index (κ3) is 4.61. The molecule has 166 valence electrons. The van der Waals surface area contributed by atoms with Gasteiger partial charge in [0.1, 0.15) is 24.1 Å². The zero-order chi connectivity index (χ0) is 22.8. The van der Waals surface area contributed by atoms with Crippen LogP contribution in [0.4, 0.5) is 5.82 Å². The number of rotatable bonds is 5. The molecule has 0 radical (unpaired) electrons. The summed E-state index contributed by atoms with van der Waals surface area (Å²) in [5, 5.41) is 9.78. The zero-order valence-electron chi connectivity index (χ0n) is 17.0. The van der Waals surface area contributed by atoms with E-state index in [9.17, 15) is 0 Å². The van der Waals surface area contributed by atoms with Gasteiger partial charge in [-0.2, -0.15) is 10.2 Å². The van der Waals surface area contributed by atoms with E-state index in [0.29, 0.717) is 35.6 Å². The van der Waals surface area contributed by atoms with Crippen LogP contribution in [0.3, 0.4) is 0 Å². The predicted molar refractivity (Wildman–Crippen MR) is 130 cm³/mol. The van der Waals surface area contributed by atoms with Gasteiger partial charge in [0.15, 0.2) is 17.3 Å². The first-order valence-corrected chi connectivity index (χ1v) is 11.1. The van der Waals surface area contributed by atoms with Crippen molar-refractivity contribution in [1.29, 1.82) is 0 Å². The van der Waals surface area contributed by atoms with Gasteiger partial charge in [0.25, 0.3) is 0 Å². The Labute approximate surface area is 204 Å². The Morgan fingerprint density at radius 2 is 1.73 bits per heavy atom. The van der Waals surface area contributed by atoms with Gasteiger partial charge in [-0.3, -0.25) is 5.43 Å². The molecule has 10 heteroatoms. The Kier molecular flexibility index (Phi) is 6.09. The summed E-state index contributed by atoms with van der Waals surface area (Å²) in [6, 6.07) is 17.0. The van der Waals surface area contributed by atoms with Crippen molar-refractivity contribution in [3.8, 4) is 28.4 Å². The van der Waals surface area contributed by atoms with E-state index in [-0.39, 0.29) is 10.2 Å². The number of hydrogen-bond acceptors (Lipinski definition) is 6. The lowest BCUT2D eigenvalue weighted by molar-refractivity contribution is 0.171. The van der Waals surface area contributed by atoms with E-state index in [1.165, 1.54) is 6.07 Å². The lowest BCUT2D eigenvalue weighted by atomic mass is 10.1. The predicted octanol–water partition coefficient (Wildman–Crippen LogP) is 6.11. The molecule has 0 saturated heterocycles. The van der Waals surface area contributed by atoms with Gasteiger partial charge >= 0.3 is 0 Å². The molecule has 5 rings (SSSR count). The van der Waals surface area contributed by atoms with Gasteiger partial charge in [-0.1, -0.05) is 53.0 Å². The number of aromatic nitrogens is 3. The zero-order valence-corrected chi connectivity index (χ0v) is 19.3. The highest BCUT2D eigenvalue weighted by Crippen LogP contribution is 2.35. The van der Waals surface area contributed by atoms with Crippen molar-refractivity contribution in [2.24, 2.45) is 5.10 Å². The molecule has 0 atom stereocenters. The van der Waals surface area contributed by atoms with Crippen LogP contribution >= 0.6 is 34.8 Å². The molecule has 3 heterocycles. The minimum absolute atomic E-state index is 0.132. The van der Waals surface area contributed by atoms with Crippen LogP contribution in [0.1, 0.15) is 5.56 Å². The highest BCUT2D eigenvalue weighted by molar-refractivity contribution is 6.42. The van der Waals surface area contributed by atoms with Gasteiger partial charge in [-0.05, 0) is 36.4 Å². The van der Waals surface area contributed by atoms with Gasteiger partial charge in [0.2, 0.25) is 0 Å². The van der Waals surface area contributed by atoms with E-state index >= 15 is 0 Å². The van der Waals surface area contributed by atoms with Crippen LogP contribution in [-0.4, -0.2) is 34.2 Å². The fourth-order valence-corrected chi connectivity index (χ4v) is 3.84. The molecule has 7 nitrogen and oxygen atoms in total. The first-order valence-electron chi connectivity index (χ1n) is 9.94. The number of para-hydroxylation sites is 1. The topological polar surface area (TPSA) is 73.6 Å². The van der Waals surface area contributed by atoms with E-state index in [0.717, 1.165) is 22.5 Å². The molecule has 33 heavy (non-hydrogen) atoms. The maximum absolute atomic E-state index is 6.18. The van der Waals surface area contributed by atoms with Crippen LogP contribution in [-0.2, 0) is 0 Å². The Balaban J connectivity index is 1.51. The maximum Gasteiger partial charge on any atom is 0.166 e. The second-order valence-electron chi connectivity index (χ2n) is 7.03. The largest absolute Gasteiger partial charge is 0.486 e. The normalized spacial score (nSPS) is 12.8. The van der Waals surface area contributed by atoms with Gasteiger partial charge in [-0.15, -0.1) is 0 Å². The van der Waals surface area contributed by atoms with Gasteiger partial charge in [0.05, 0.1) is 21.9 Å². The van der Waals surface area contributed by atoms with Crippen LogP contribution < -0.4 is 14.9 Å². The number of hydrazone groups is 1. The molecule has 0 unspecified atom stereocenters. The minimum Gasteiger partial charge on any atom is -0.486 e. The average molecular weight is 501 g/mol. The second kappa shape index (κ2) is 9.31. The van der Waals surface area contributed by atoms with Crippen LogP contribution in [0.25, 0.3) is 16.9 Å². The van der Waals surface area contributed by atoms with E-state index in [2.05, 4.69) is 15.5 Å². The number of nitrogens with one attached hydrogen (secondary N) is 1. The first kappa shape index (κ1) is 21.6. The Morgan fingerprint density at radius 3 is 2.55 bits per heavy atom. The monoisotopic (exact) mass is 499 g/mol. The van der Waals surface area contributed by atoms with E-state index < -0.39 is 0 Å². The smallest absolute Gasteiger partial charge is 0.166 e. The van der Waals surface area contributed by atoms with Crippen LogP contribution in [0.15, 0.2) is 65.9 Å². The SMILES string of the molecule is Clc1cc(Cl)c(NN=Cc2cn(-c3ccccc3)nc2-c2ccc3c(c2)OCCO3)nc1Cl. The van der Waals surface area contributed by atoms with Crippen LogP contribution in [0.5, 0.6) is 11.5 Å². The highest BCUT2D eigenvalue weighted by Gasteiger charge is 2.17. The molecule has 2 aromatic carbocycles. The summed E-state index contributed by atoms with van der Waals surface area (Å²) in [6.07, 6.45) is 3.52. The van der Waals surface area contributed by atoms with Crippen molar-refractivity contribution in [3.05, 3.63) is 81.6 Å². The van der Waals surface area contributed by atoms with E-state index in [1.54, 1.807) is 10.9 Å². The number of hydrogen-bond donors (Lipinski definition) is 1. The summed E-state index contributed by atoms with van der Waals surface area (Å²) in [5.74, 6) is 1.68. The molecule has 0 aliphatic carbocycles. The summed E-state index contributed by atoms with van der Waals surface area (Å²) >= 11 is 18.1. The molecule has 0 spiro atoms. The summed E-state index contributed by atoms with van der Waals surface area (Å²) in [4.78, 5) is 4.11. The summed E-state index contributed by atoms with van der Waals surface area (Å²) < 4.78 is 13.2. The number of pyridine rings is 1. The number of fused-ring (bicyclic) bond motifs is 1. The molecule has 0 amide bonds. The molecular formula is C23H16Cl3N5O2. The van der Waals surface area contributed by atoms with Gasteiger partial charge < -0.3 is 9.47 Å². The fraction of sp³-hybridized carbons (Fsp3) is 0.0870. The lowest BCUT2D eigenvalue weighted by Crippen LogP contribution is -2.15. The number of benzene rings is 2. The summed E-state index contributed by atoms with van der Waals surface area (Å²) in [7, 11) is 0. The van der Waals surface area contributed by atoms with Crippen molar-refractivity contribution in [2.75, 3.05) is 18.6 Å². The molecule has 0 fully saturated rings. The van der Waals surface area contributed by atoms with Crippen LogP contribution in [0.2, 0.25) is 15.2 Å². The maximum atomic E-state index is 6.18. The van der Waals surface area contributed by atoms with Gasteiger partial charge in [-0.25, -0.2) is 9.67 Å². The Morgan fingerprint density at radius 1 is 0.939 bits per heavy atom. The Hall–Kier alpha value is -3.26. The molecule has 1 aliphatic heterocycles. The molecule has 2 aromatic heterocycles. The van der Waals surface area contributed by atoms with Crippen molar-refractivity contribution < 1.29 is 9.47 Å². The summed E-state index contributed by atoms with van der Waals surface area (Å²) in [6.45, 7) is 1.04. The second-order valence-corrected chi connectivity index (χ2v) is 8.21. The fourth-order valence-electron chi connectivity index (χ4n) is 3.30. The average Bonchev–Trinajstić information content (AvgIpc) is 3.27. The number of anilines is 1. The van der Waals surface area contributed by atoms with Crippen molar-refractivity contribution >= 4 is 46.8 Å². The molecule has 1 N–H and O–H groups in total. The number of nitrogens with zero attached hydrogens (tertiary/aromatic N) is 4. The number of halogens is 3. The van der Waals surface area contributed by atoms with Gasteiger partial charge in [0, 0.05) is 17.3 Å². The molecular weight excluding hydrogens is 485 g/mol. The van der Waals surface area contributed by atoms with E-state index in [1.807, 2.05) is 54.7 Å². The highest BCUT2D eigenvalue weighted by atomic mass is 35.5. The molecule has 0 bridgehead atoms. The standard InChI is InChI=1S/C23H16Cl3N5O2/c24-17-11-18(25)23(28-22(17)26)29-27-12-15-13-31(16-4-2-1-3-5-16)30-21(15)14-6-7-19-20(10-14)33-9-8-32-19/h1-7,10-13H,8-9H2,(H,28,29). The van der Waals surface area contributed by atoms with Crippen molar-refractivity contribution in [2.45, 2.75) is 0 Å². The molecule has 4 aromatic rings. The number of ether oxygens (including phenoxy) is 2. The first-order chi connectivity index (χ1) is 16.1. The lowest BCUT2D eigenvalue weighted by Gasteiger charge is -2.18. The Bertz CT molecular complexity index is 1340. The van der Waals surface area contributed by atoms with E-state index in [4.69, 9.17) is 49.4 Å². The van der Waals surface area contributed by atoms with Crippen LogP contribution in [0, 0.1) is 0 Å². The van der Waals surface area contributed by atoms with Crippen molar-refractivity contribution in [3.63, 3.8) is 0 Å². The third-order valence-corrected chi connectivity index (χ3v) is 5.80. The quantitative estimate of drug-likeness (QED) is 0.203.